The van der Waals surface area contributed by atoms with Crippen molar-refractivity contribution < 1.29 is 4.79 Å². The highest BCUT2D eigenvalue weighted by molar-refractivity contribution is 7.15. The van der Waals surface area contributed by atoms with Crippen LogP contribution >= 0.6 is 11.3 Å². The Hall–Kier alpha value is -3.65. The van der Waals surface area contributed by atoms with Crippen molar-refractivity contribution in [3.8, 4) is 11.3 Å². The van der Waals surface area contributed by atoms with Crippen LogP contribution in [-0.2, 0) is 4.79 Å². The van der Waals surface area contributed by atoms with Crippen LogP contribution in [0.1, 0.15) is 5.56 Å². The summed E-state index contributed by atoms with van der Waals surface area (Å²) in [6.07, 6.45) is 0. The van der Waals surface area contributed by atoms with E-state index < -0.39 is 11.1 Å². The van der Waals surface area contributed by atoms with Crippen LogP contribution < -0.4 is 20.6 Å². The summed E-state index contributed by atoms with van der Waals surface area (Å²) in [6.45, 7) is 0. The molecule has 0 unspecified atom stereocenters. The van der Waals surface area contributed by atoms with E-state index in [0.29, 0.717) is 16.7 Å². The minimum absolute atomic E-state index is 0.0971. The average Bonchev–Trinajstić information content (AvgIpc) is 3.16. The van der Waals surface area contributed by atoms with Crippen LogP contribution in [0.25, 0.3) is 21.8 Å². The zero-order valence-electron chi connectivity index (χ0n) is 14.6. The zero-order valence-corrected chi connectivity index (χ0v) is 15.4. The molecule has 28 heavy (non-hydrogen) atoms. The molecule has 2 aromatic heterocycles. The fraction of sp³-hybridized carbons (Fsp3) is 0.0500. The molecule has 5 rings (SSSR count). The van der Waals surface area contributed by atoms with Crippen molar-refractivity contribution in [3.63, 3.8) is 0 Å². The zero-order chi connectivity index (χ0) is 19.4. The molecule has 3 heterocycles. The molecule has 1 aliphatic heterocycles. The van der Waals surface area contributed by atoms with Crippen LogP contribution in [0, 0.1) is 0 Å². The van der Waals surface area contributed by atoms with Gasteiger partial charge in [0.25, 0.3) is 11.5 Å². The second-order valence-corrected chi connectivity index (χ2v) is 7.30. The number of benzene rings is 2. The summed E-state index contributed by atoms with van der Waals surface area (Å²) in [5, 5.41) is 4.24. The number of anilines is 1. The third-order valence-corrected chi connectivity index (χ3v) is 5.72. The average molecular weight is 388 g/mol. The van der Waals surface area contributed by atoms with Crippen LogP contribution in [0.3, 0.4) is 0 Å². The summed E-state index contributed by atoms with van der Waals surface area (Å²) in [5.41, 5.74) is 1.44. The lowest BCUT2D eigenvalue weighted by atomic mass is 10.1. The van der Waals surface area contributed by atoms with E-state index in [4.69, 9.17) is 0 Å². The Morgan fingerprint density at radius 2 is 1.64 bits per heavy atom. The van der Waals surface area contributed by atoms with Gasteiger partial charge in [0, 0.05) is 18.2 Å². The summed E-state index contributed by atoms with van der Waals surface area (Å²) in [4.78, 5) is 44.0. The number of hydrogen-bond donors (Lipinski definition) is 0. The summed E-state index contributed by atoms with van der Waals surface area (Å²) in [7, 11) is 1.67. The fourth-order valence-corrected chi connectivity index (χ4v) is 4.32. The Morgan fingerprint density at radius 3 is 2.43 bits per heavy atom. The molecule has 1 amide bonds. The topological polar surface area (TPSA) is 84.6 Å². The van der Waals surface area contributed by atoms with E-state index in [9.17, 15) is 14.4 Å². The quantitative estimate of drug-likeness (QED) is 0.487. The van der Waals surface area contributed by atoms with Crippen molar-refractivity contribution in [1.29, 1.82) is 0 Å². The smallest absolute Gasteiger partial charge is 0.300 e. The van der Waals surface area contributed by atoms with Gasteiger partial charge in [-0.15, -0.1) is 0 Å². The van der Waals surface area contributed by atoms with Crippen LogP contribution in [0.15, 0.2) is 64.2 Å². The SMILES string of the molecule is CN1C(=O)C(=c2sc3nc(=O)c(-c4ccccc4)nn3c2=O)c2ccccc21. The van der Waals surface area contributed by atoms with Gasteiger partial charge < -0.3 is 4.90 Å². The van der Waals surface area contributed by atoms with Gasteiger partial charge in [-0.2, -0.15) is 14.6 Å². The molecule has 0 fully saturated rings. The number of nitrogens with zero attached hydrogens (tertiary/aromatic N) is 4. The van der Waals surface area contributed by atoms with E-state index in [-0.39, 0.29) is 21.1 Å². The first-order chi connectivity index (χ1) is 13.6. The molecule has 0 saturated carbocycles. The van der Waals surface area contributed by atoms with E-state index in [1.54, 1.807) is 37.4 Å². The largest absolute Gasteiger partial charge is 0.311 e. The van der Waals surface area contributed by atoms with Crippen molar-refractivity contribution in [3.05, 3.63) is 85.4 Å². The van der Waals surface area contributed by atoms with Gasteiger partial charge in [-0.05, 0) is 6.07 Å². The van der Waals surface area contributed by atoms with Crippen molar-refractivity contribution in [2.75, 3.05) is 11.9 Å². The van der Waals surface area contributed by atoms with Gasteiger partial charge in [-0.25, -0.2) is 0 Å². The number of likely N-dealkylation sites (N-methyl/N-ethyl adjacent to an activating group) is 1. The lowest BCUT2D eigenvalue weighted by Gasteiger charge is -2.07. The number of carbonyl (C=O) groups excluding carboxylic acids is 1. The molecule has 8 heteroatoms. The van der Waals surface area contributed by atoms with E-state index in [0.717, 1.165) is 21.5 Å². The van der Waals surface area contributed by atoms with Gasteiger partial charge in [-0.1, -0.05) is 59.9 Å². The Balaban J connectivity index is 1.86. The molecule has 1 aliphatic rings. The highest BCUT2D eigenvalue weighted by atomic mass is 32.1. The third-order valence-electron chi connectivity index (χ3n) is 4.69. The molecule has 0 spiro atoms. The number of para-hydroxylation sites is 1. The Labute approximate surface area is 161 Å². The number of fused-ring (bicyclic) bond motifs is 2. The fourth-order valence-electron chi connectivity index (χ4n) is 3.33. The maximum atomic E-state index is 13.0. The van der Waals surface area contributed by atoms with Gasteiger partial charge in [-0.3, -0.25) is 14.4 Å². The Kier molecular flexibility index (Phi) is 3.50. The van der Waals surface area contributed by atoms with Crippen molar-refractivity contribution in [2.45, 2.75) is 0 Å². The minimum Gasteiger partial charge on any atom is -0.311 e. The van der Waals surface area contributed by atoms with E-state index >= 15 is 0 Å². The van der Waals surface area contributed by atoms with Gasteiger partial charge in [0.1, 0.15) is 4.53 Å². The highest BCUT2D eigenvalue weighted by Gasteiger charge is 2.31. The van der Waals surface area contributed by atoms with Gasteiger partial charge >= 0.3 is 5.56 Å². The Bertz CT molecular complexity index is 1440. The van der Waals surface area contributed by atoms with Gasteiger partial charge in [0.2, 0.25) is 4.96 Å². The maximum Gasteiger partial charge on any atom is 0.300 e. The molecule has 0 atom stereocenters. The number of amides is 1. The molecule has 7 nitrogen and oxygen atoms in total. The van der Waals surface area contributed by atoms with E-state index in [2.05, 4.69) is 10.1 Å². The van der Waals surface area contributed by atoms with E-state index in [1.807, 2.05) is 24.3 Å². The second-order valence-electron chi connectivity index (χ2n) is 6.32. The first-order valence-corrected chi connectivity index (χ1v) is 9.29. The van der Waals surface area contributed by atoms with Crippen LogP contribution in [0.4, 0.5) is 5.69 Å². The molecule has 4 aromatic rings. The summed E-state index contributed by atoms with van der Waals surface area (Å²) in [6, 6.07) is 16.1. The molecular formula is C20H12N4O3S. The summed E-state index contributed by atoms with van der Waals surface area (Å²) in [5.74, 6) is -0.268. The minimum atomic E-state index is -0.515. The molecular weight excluding hydrogens is 376 g/mol. The predicted octanol–water partition coefficient (Wildman–Crippen LogP) is 1.07. The Morgan fingerprint density at radius 1 is 0.929 bits per heavy atom. The van der Waals surface area contributed by atoms with Crippen LogP contribution in [0.2, 0.25) is 0 Å². The normalized spacial score (nSPS) is 15.3. The van der Waals surface area contributed by atoms with Crippen LogP contribution in [-0.4, -0.2) is 27.6 Å². The molecule has 136 valence electrons. The molecule has 0 saturated heterocycles. The lowest BCUT2D eigenvalue weighted by molar-refractivity contribution is -0.112. The van der Waals surface area contributed by atoms with Crippen LogP contribution in [0.5, 0.6) is 0 Å². The first-order valence-electron chi connectivity index (χ1n) is 8.47. The molecule has 0 radical (unpaired) electrons. The third kappa shape index (κ3) is 2.25. The monoisotopic (exact) mass is 388 g/mol. The number of aromatic nitrogens is 3. The molecule has 0 N–H and O–H groups in total. The number of rotatable bonds is 1. The number of thiazole rings is 1. The second kappa shape index (κ2) is 5.93. The molecule has 2 aromatic carbocycles. The van der Waals surface area contributed by atoms with Gasteiger partial charge in [0.05, 0.1) is 11.3 Å². The molecule has 0 bridgehead atoms. The van der Waals surface area contributed by atoms with Crippen molar-refractivity contribution in [1.82, 2.24) is 14.6 Å². The standard InChI is InChI=1S/C20H12N4O3S/c1-23-13-10-6-5-9-12(13)14(18(23)26)16-19(27)24-20(28-16)21-17(25)15(22-24)11-7-3-2-4-8-11/h2-10H,1H3. The van der Waals surface area contributed by atoms with Crippen molar-refractivity contribution in [2.24, 2.45) is 0 Å². The van der Waals surface area contributed by atoms with Gasteiger partial charge in [0.15, 0.2) is 5.69 Å². The van der Waals surface area contributed by atoms with E-state index in [1.165, 1.54) is 4.90 Å². The maximum absolute atomic E-state index is 13.0. The highest BCUT2D eigenvalue weighted by Crippen LogP contribution is 2.33. The number of hydrogen-bond acceptors (Lipinski definition) is 6. The number of carbonyl (C=O) groups is 1. The molecule has 0 aliphatic carbocycles. The predicted molar refractivity (Wildman–Crippen MR) is 106 cm³/mol. The lowest BCUT2D eigenvalue weighted by Crippen LogP contribution is -2.31. The summed E-state index contributed by atoms with van der Waals surface area (Å²) < 4.78 is 1.33. The van der Waals surface area contributed by atoms with Crippen molar-refractivity contribution >= 4 is 33.5 Å². The first kappa shape index (κ1) is 16.5. The summed E-state index contributed by atoms with van der Waals surface area (Å²) >= 11 is 1.00.